The van der Waals surface area contributed by atoms with E-state index in [1.807, 2.05) is 6.07 Å². The Kier molecular flexibility index (Phi) is 4.20. The molecular formula is C14H7N5O2S2. The van der Waals surface area contributed by atoms with Crippen molar-refractivity contribution in [2.24, 2.45) is 5.92 Å². The number of aromatic nitrogens is 2. The molecule has 2 heterocycles. The lowest BCUT2D eigenvalue weighted by Crippen LogP contribution is -2.09. The van der Waals surface area contributed by atoms with Crippen LogP contribution in [0.5, 0.6) is 0 Å². The van der Waals surface area contributed by atoms with Crippen molar-refractivity contribution in [1.82, 2.24) is 9.97 Å². The van der Waals surface area contributed by atoms with Gasteiger partial charge in [0.2, 0.25) is 0 Å². The number of hydrogen-bond acceptors (Lipinski definition) is 9. The highest BCUT2D eigenvalue weighted by molar-refractivity contribution is 8.24. The van der Waals surface area contributed by atoms with Crippen LogP contribution >= 0.6 is 23.5 Å². The number of thioether (sulfide) groups is 2. The third-order valence-corrected chi connectivity index (χ3v) is 5.46. The highest BCUT2D eigenvalue weighted by Gasteiger charge is 2.30. The molecule has 0 atom stereocenters. The molecule has 0 unspecified atom stereocenters. The largest absolute Gasteiger partial charge is 0.461 e. The van der Waals surface area contributed by atoms with E-state index in [1.165, 1.54) is 0 Å². The second kappa shape index (κ2) is 6.29. The molecule has 0 spiro atoms. The van der Waals surface area contributed by atoms with Crippen LogP contribution in [0.25, 0.3) is 0 Å². The summed E-state index contributed by atoms with van der Waals surface area (Å²) >= 11 is 2.16. The van der Waals surface area contributed by atoms with Crippen LogP contribution in [0.4, 0.5) is 0 Å². The standard InChI is InChI=1S/C14H7N5O2S2/c15-3-8(13(20)21-6-7-1-2-7)14-22-11-12(23-14)19-10(5-17)9(4-16)18-11/h7H,1-2,6H2. The first kappa shape index (κ1) is 15.4. The fraction of sp³-hybridized carbons (Fsp3) is 0.286. The molecule has 1 saturated carbocycles. The van der Waals surface area contributed by atoms with Gasteiger partial charge in [0.25, 0.3) is 0 Å². The molecule has 0 bridgehead atoms. The van der Waals surface area contributed by atoms with Gasteiger partial charge in [0, 0.05) is 0 Å². The molecule has 0 aromatic carbocycles. The van der Waals surface area contributed by atoms with E-state index in [4.69, 9.17) is 15.3 Å². The second-order valence-corrected chi connectivity index (χ2v) is 7.03. The molecule has 0 saturated heterocycles. The van der Waals surface area contributed by atoms with Crippen molar-refractivity contribution < 1.29 is 9.53 Å². The lowest BCUT2D eigenvalue weighted by molar-refractivity contribution is -0.139. The van der Waals surface area contributed by atoms with Crippen LogP contribution in [0, 0.1) is 39.9 Å². The van der Waals surface area contributed by atoms with Crippen LogP contribution in [0.3, 0.4) is 0 Å². The van der Waals surface area contributed by atoms with Crippen LogP contribution in [0.2, 0.25) is 0 Å². The Morgan fingerprint density at radius 3 is 2.13 bits per heavy atom. The first-order chi connectivity index (χ1) is 11.2. The van der Waals surface area contributed by atoms with E-state index in [1.54, 1.807) is 12.1 Å². The minimum absolute atomic E-state index is 0.0737. The van der Waals surface area contributed by atoms with E-state index in [0.717, 1.165) is 36.4 Å². The molecule has 9 heteroatoms. The van der Waals surface area contributed by atoms with Crippen LogP contribution in [0.1, 0.15) is 24.2 Å². The molecule has 0 radical (unpaired) electrons. The van der Waals surface area contributed by atoms with Gasteiger partial charge in [-0.1, -0.05) is 23.5 Å². The summed E-state index contributed by atoms with van der Waals surface area (Å²) in [5, 5.41) is 28.0. The number of hydrogen-bond donors (Lipinski definition) is 0. The zero-order valence-corrected chi connectivity index (χ0v) is 13.2. The van der Waals surface area contributed by atoms with Crippen LogP contribution in [-0.4, -0.2) is 22.5 Å². The van der Waals surface area contributed by atoms with E-state index in [2.05, 4.69) is 9.97 Å². The summed E-state index contributed by atoms with van der Waals surface area (Å²) in [7, 11) is 0. The van der Waals surface area contributed by atoms with E-state index in [9.17, 15) is 10.1 Å². The summed E-state index contributed by atoms with van der Waals surface area (Å²) in [4.78, 5) is 20.1. The van der Waals surface area contributed by atoms with Gasteiger partial charge in [0.1, 0.15) is 28.3 Å². The molecule has 1 fully saturated rings. The topological polar surface area (TPSA) is 123 Å². The Morgan fingerprint density at radius 1 is 1.13 bits per heavy atom. The zero-order chi connectivity index (χ0) is 16.4. The molecule has 1 aromatic heterocycles. The molecule has 1 aliphatic heterocycles. The summed E-state index contributed by atoms with van der Waals surface area (Å²) in [5.41, 5.74) is -0.247. The van der Waals surface area contributed by atoms with E-state index < -0.39 is 5.97 Å². The minimum Gasteiger partial charge on any atom is -0.461 e. The average Bonchev–Trinajstić information content (AvgIpc) is 3.30. The molecular weight excluding hydrogens is 334 g/mol. The third kappa shape index (κ3) is 3.14. The van der Waals surface area contributed by atoms with Crippen molar-refractivity contribution in [2.45, 2.75) is 22.9 Å². The smallest absolute Gasteiger partial charge is 0.350 e. The minimum atomic E-state index is -0.664. The fourth-order valence-electron chi connectivity index (χ4n) is 1.72. The van der Waals surface area contributed by atoms with Crippen molar-refractivity contribution in [3.8, 4) is 18.2 Å². The molecule has 23 heavy (non-hydrogen) atoms. The third-order valence-electron chi connectivity index (χ3n) is 3.09. The van der Waals surface area contributed by atoms with Gasteiger partial charge in [-0.3, -0.25) is 0 Å². The van der Waals surface area contributed by atoms with Crippen molar-refractivity contribution in [1.29, 1.82) is 15.8 Å². The quantitative estimate of drug-likeness (QED) is 0.461. The Morgan fingerprint density at radius 2 is 1.70 bits per heavy atom. The molecule has 0 amide bonds. The summed E-state index contributed by atoms with van der Waals surface area (Å²) in [6.45, 7) is 0.327. The second-order valence-electron chi connectivity index (χ2n) is 4.77. The van der Waals surface area contributed by atoms with E-state index >= 15 is 0 Å². The number of fused-ring (bicyclic) bond motifs is 1. The van der Waals surface area contributed by atoms with Gasteiger partial charge >= 0.3 is 5.97 Å². The molecule has 7 nitrogen and oxygen atoms in total. The summed E-state index contributed by atoms with van der Waals surface area (Å²) in [5.74, 6) is -0.257. The normalized spacial score (nSPS) is 15.1. The van der Waals surface area contributed by atoms with Gasteiger partial charge in [-0.05, 0) is 18.8 Å². The number of nitrogens with zero attached hydrogens (tertiary/aromatic N) is 5. The molecule has 1 aliphatic carbocycles. The number of nitriles is 3. The van der Waals surface area contributed by atoms with Gasteiger partial charge in [0.05, 0.1) is 10.8 Å². The number of carbonyl (C=O) groups excluding carboxylic acids is 1. The molecule has 2 aliphatic rings. The highest BCUT2D eigenvalue weighted by atomic mass is 32.2. The molecule has 112 valence electrons. The van der Waals surface area contributed by atoms with Crippen LogP contribution in [0.15, 0.2) is 19.9 Å². The Bertz CT molecular complexity index is 811. The van der Waals surface area contributed by atoms with Crippen molar-refractivity contribution in [2.75, 3.05) is 6.61 Å². The predicted octanol–water partition coefficient (Wildman–Crippen LogP) is 2.11. The Hall–Kier alpha value is -2.54. The van der Waals surface area contributed by atoms with Crippen molar-refractivity contribution in [3.05, 3.63) is 21.2 Å². The van der Waals surface area contributed by atoms with Crippen molar-refractivity contribution in [3.63, 3.8) is 0 Å². The number of carbonyl (C=O) groups is 1. The maximum Gasteiger partial charge on any atom is 0.350 e. The molecule has 1 aromatic rings. The average molecular weight is 341 g/mol. The number of ether oxygens (including phenoxy) is 1. The lowest BCUT2D eigenvalue weighted by Gasteiger charge is -2.03. The highest BCUT2D eigenvalue weighted by Crippen LogP contribution is 2.50. The van der Waals surface area contributed by atoms with Gasteiger partial charge in [-0.25, -0.2) is 14.8 Å². The lowest BCUT2D eigenvalue weighted by atomic mass is 10.3. The first-order valence-corrected chi connectivity index (χ1v) is 8.19. The summed E-state index contributed by atoms with van der Waals surface area (Å²) < 4.78 is 5.53. The SMILES string of the molecule is N#CC(C(=O)OCC1CC1)=C1Sc2nc(C#N)c(C#N)nc2S1. The zero-order valence-electron chi connectivity index (χ0n) is 11.6. The summed E-state index contributed by atoms with van der Waals surface area (Å²) in [6.07, 6.45) is 2.09. The van der Waals surface area contributed by atoms with Crippen LogP contribution < -0.4 is 0 Å². The molecule has 0 N–H and O–H groups in total. The molecule has 3 rings (SSSR count). The van der Waals surface area contributed by atoms with E-state index in [0.29, 0.717) is 26.8 Å². The van der Waals surface area contributed by atoms with Crippen molar-refractivity contribution >= 4 is 29.5 Å². The Balaban J connectivity index is 1.86. The van der Waals surface area contributed by atoms with Gasteiger partial charge < -0.3 is 4.74 Å². The summed E-state index contributed by atoms with van der Waals surface area (Å²) in [6, 6.07) is 5.47. The Labute approximate surface area is 140 Å². The fourth-order valence-corrected chi connectivity index (χ4v) is 3.96. The van der Waals surface area contributed by atoms with Crippen LogP contribution in [-0.2, 0) is 9.53 Å². The monoisotopic (exact) mass is 341 g/mol. The maximum atomic E-state index is 12.0. The predicted molar refractivity (Wildman–Crippen MR) is 79.5 cm³/mol. The van der Waals surface area contributed by atoms with Gasteiger partial charge in [-0.2, -0.15) is 15.8 Å². The number of esters is 1. The maximum absolute atomic E-state index is 12.0. The van der Waals surface area contributed by atoms with Gasteiger partial charge in [0.15, 0.2) is 17.0 Å². The van der Waals surface area contributed by atoms with E-state index in [-0.39, 0.29) is 17.0 Å². The number of rotatable bonds is 3. The first-order valence-electron chi connectivity index (χ1n) is 6.55. The van der Waals surface area contributed by atoms with Gasteiger partial charge in [-0.15, -0.1) is 0 Å².